The number of amides is 1. The Labute approximate surface area is 206 Å². The molecule has 0 spiro atoms. The van der Waals surface area contributed by atoms with Gasteiger partial charge < -0.3 is 49.1 Å². The van der Waals surface area contributed by atoms with Crippen LogP contribution in [0.5, 0.6) is 0 Å². The molecule has 0 aromatic carbocycles. The average Bonchev–Trinajstić information content (AvgIpc) is 2.82. The summed E-state index contributed by atoms with van der Waals surface area (Å²) in [6.07, 6.45) is -6.03. The minimum absolute atomic E-state index is 0.0456. The van der Waals surface area contributed by atoms with Crippen molar-refractivity contribution in [1.29, 1.82) is 0 Å². The normalized spacial score (nSPS) is 41.1. The Morgan fingerprint density at radius 3 is 2.49 bits per heavy atom. The fourth-order valence-electron chi connectivity index (χ4n) is 5.26. The summed E-state index contributed by atoms with van der Waals surface area (Å²) in [6, 6.07) is 0. The number of methoxy groups -OCH3 is 2. The van der Waals surface area contributed by atoms with Crippen molar-refractivity contribution in [1.82, 2.24) is 5.32 Å². The molecule has 3 rings (SSSR count). The number of hydrogen-bond donors (Lipinski definition) is 4. The molecule has 11 heteroatoms. The Kier molecular flexibility index (Phi) is 8.99. The van der Waals surface area contributed by atoms with Gasteiger partial charge >= 0.3 is 0 Å². The zero-order valence-electron chi connectivity index (χ0n) is 21.4. The Hall–Kier alpha value is -1.15. The quantitative estimate of drug-likeness (QED) is 0.336. The third-order valence-electron chi connectivity index (χ3n) is 7.77. The first-order valence-electron chi connectivity index (χ1n) is 12.0. The van der Waals surface area contributed by atoms with Gasteiger partial charge in [-0.05, 0) is 6.92 Å². The van der Waals surface area contributed by atoms with Crippen molar-refractivity contribution in [2.24, 2.45) is 11.3 Å². The molecule has 10 atom stereocenters. The van der Waals surface area contributed by atoms with Crippen LogP contribution in [0.3, 0.4) is 0 Å². The molecule has 3 heterocycles. The van der Waals surface area contributed by atoms with Crippen molar-refractivity contribution < 1.29 is 48.5 Å². The second-order valence-electron chi connectivity index (χ2n) is 10.3. The average molecular weight is 504 g/mol. The fourth-order valence-corrected chi connectivity index (χ4v) is 5.26. The number of aliphatic hydroxyl groups is 3. The van der Waals surface area contributed by atoms with Gasteiger partial charge in [-0.25, -0.2) is 0 Å². The van der Waals surface area contributed by atoms with Crippen molar-refractivity contribution in [2.75, 3.05) is 27.6 Å². The molecular weight excluding hydrogens is 462 g/mol. The van der Waals surface area contributed by atoms with Gasteiger partial charge in [-0.1, -0.05) is 32.9 Å². The van der Waals surface area contributed by atoms with E-state index in [4.69, 9.17) is 28.4 Å². The van der Waals surface area contributed by atoms with Gasteiger partial charge in [0.05, 0.1) is 31.0 Å². The summed E-state index contributed by atoms with van der Waals surface area (Å²) in [7, 11) is 2.93. The number of aliphatic hydroxyl groups excluding tert-OH is 3. The summed E-state index contributed by atoms with van der Waals surface area (Å²) in [5.74, 6) is -2.30. The van der Waals surface area contributed by atoms with Crippen LogP contribution < -0.4 is 5.32 Å². The van der Waals surface area contributed by atoms with E-state index in [9.17, 15) is 20.1 Å². The number of rotatable bonds is 8. The van der Waals surface area contributed by atoms with Crippen molar-refractivity contribution in [2.45, 2.75) is 95.3 Å². The summed E-state index contributed by atoms with van der Waals surface area (Å²) < 4.78 is 35.0. The highest BCUT2D eigenvalue weighted by molar-refractivity contribution is 5.82. The van der Waals surface area contributed by atoms with E-state index in [1.165, 1.54) is 7.11 Å². The molecule has 4 N–H and O–H groups in total. The number of nitrogens with one attached hydrogen (secondary N) is 1. The monoisotopic (exact) mass is 503 g/mol. The lowest BCUT2D eigenvalue weighted by atomic mass is 9.72. The van der Waals surface area contributed by atoms with Gasteiger partial charge in [-0.2, -0.15) is 0 Å². The number of hydrogen-bond acceptors (Lipinski definition) is 10. The maximum atomic E-state index is 13.2. The highest BCUT2D eigenvalue weighted by atomic mass is 16.7. The molecule has 11 nitrogen and oxygen atoms in total. The molecule has 3 aliphatic rings. The minimum atomic E-state index is -1.67. The van der Waals surface area contributed by atoms with E-state index in [0.29, 0.717) is 0 Å². The Morgan fingerprint density at radius 1 is 1.23 bits per heavy atom. The van der Waals surface area contributed by atoms with E-state index < -0.39 is 66.6 Å². The van der Waals surface area contributed by atoms with Crippen LogP contribution in [0.15, 0.2) is 12.2 Å². The lowest BCUT2D eigenvalue weighted by molar-refractivity contribution is -0.333. The molecule has 202 valence electrons. The zero-order valence-corrected chi connectivity index (χ0v) is 21.4. The Balaban J connectivity index is 1.79. The molecule has 1 amide bonds. The third kappa shape index (κ3) is 5.43. The first-order valence-corrected chi connectivity index (χ1v) is 12.0. The maximum Gasteiger partial charge on any atom is 0.256 e. The number of carbonyl (C=O) groups excluding carboxylic acids is 1. The summed E-state index contributed by atoms with van der Waals surface area (Å²) in [6.45, 7) is 11.2. The van der Waals surface area contributed by atoms with Gasteiger partial charge in [-0.15, -0.1) is 0 Å². The molecule has 0 radical (unpaired) electrons. The molecule has 0 saturated carbocycles. The first kappa shape index (κ1) is 28.4. The van der Waals surface area contributed by atoms with Crippen molar-refractivity contribution in [3.05, 3.63) is 12.2 Å². The number of carbonyl (C=O) groups is 1. The fraction of sp³-hybridized carbons (Fsp3) is 0.875. The Bertz CT molecular complexity index is 763. The summed E-state index contributed by atoms with van der Waals surface area (Å²) >= 11 is 0. The lowest BCUT2D eigenvalue weighted by Gasteiger charge is -2.54. The molecule has 0 aromatic heterocycles. The van der Waals surface area contributed by atoms with Gasteiger partial charge in [0.2, 0.25) is 5.79 Å². The maximum absolute atomic E-state index is 13.2. The molecule has 0 unspecified atom stereocenters. The molecule has 0 bridgehead atoms. The van der Waals surface area contributed by atoms with E-state index in [2.05, 4.69) is 11.9 Å². The van der Waals surface area contributed by atoms with Gasteiger partial charge in [0, 0.05) is 38.4 Å². The zero-order chi connectivity index (χ0) is 26.1. The van der Waals surface area contributed by atoms with Gasteiger partial charge in [0.25, 0.3) is 5.91 Å². The molecule has 35 heavy (non-hydrogen) atoms. The Morgan fingerprint density at radius 2 is 1.91 bits per heavy atom. The van der Waals surface area contributed by atoms with E-state index in [0.717, 1.165) is 5.57 Å². The van der Waals surface area contributed by atoms with Gasteiger partial charge in [0.1, 0.15) is 19.0 Å². The van der Waals surface area contributed by atoms with E-state index in [-0.39, 0.29) is 31.7 Å². The first-order chi connectivity index (χ1) is 16.4. The smallest absolute Gasteiger partial charge is 0.256 e. The molecule has 3 saturated heterocycles. The topological polar surface area (TPSA) is 145 Å². The highest BCUT2D eigenvalue weighted by Crippen LogP contribution is 2.44. The van der Waals surface area contributed by atoms with Crippen LogP contribution in [-0.4, -0.2) is 104 Å². The van der Waals surface area contributed by atoms with Crippen LogP contribution in [0.25, 0.3) is 0 Å². The van der Waals surface area contributed by atoms with Crippen LogP contribution in [0.1, 0.15) is 40.5 Å². The SMILES string of the molecule is C=C1C[C@](OC)([C@@H](O)C(=O)N[C@H]2OCO[C@H]3[C@@H]2O[C@H](C[C@H](O)CO)C(C)(C)[C@@H]3OC)O[C@H](C)[C@@H]1C. The summed E-state index contributed by atoms with van der Waals surface area (Å²) in [5.41, 5.74) is 0.228. The van der Waals surface area contributed by atoms with Crippen molar-refractivity contribution in [3.63, 3.8) is 0 Å². The molecule has 3 fully saturated rings. The van der Waals surface area contributed by atoms with E-state index in [1.54, 1.807) is 7.11 Å². The van der Waals surface area contributed by atoms with Gasteiger partial charge in [0.15, 0.2) is 12.3 Å². The largest absolute Gasteiger partial charge is 0.394 e. The summed E-state index contributed by atoms with van der Waals surface area (Å²) in [4.78, 5) is 13.2. The standard InChI is InChI=1S/C24H41NO10/c1-12-9-24(31-7,35-14(3)13(12)2)19(28)21(29)25-22-18-17(32-11-33-22)20(30-6)23(4,5)16(34-18)8-15(27)10-26/h13-20,22,26-28H,1,8-11H2,2-7H3,(H,25,29)/t13-,14-,15+,16-,17+,18+,19+,20-,22+,24-/m1/s1. The predicted octanol–water partition coefficient (Wildman–Crippen LogP) is 0.0582. The predicted molar refractivity (Wildman–Crippen MR) is 123 cm³/mol. The van der Waals surface area contributed by atoms with Crippen LogP contribution in [0.2, 0.25) is 0 Å². The van der Waals surface area contributed by atoms with Crippen LogP contribution in [0, 0.1) is 11.3 Å². The molecule has 0 aliphatic carbocycles. The number of ether oxygens (including phenoxy) is 6. The lowest BCUT2D eigenvalue weighted by Crippen LogP contribution is -2.69. The van der Waals surface area contributed by atoms with E-state index in [1.807, 2.05) is 27.7 Å². The van der Waals surface area contributed by atoms with Crippen molar-refractivity contribution >= 4 is 5.91 Å². The number of fused-ring (bicyclic) bond motifs is 1. The van der Waals surface area contributed by atoms with Gasteiger partial charge in [-0.3, -0.25) is 4.79 Å². The molecular formula is C24H41NO10. The minimum Gasteiger partial charge on any atom is -0.394 e. The second kappa shape index (κ2) is 11.1. The van der Waals surface area contributed by atoms with Crippen LogP contribution in [0.4, 0.5) is 0 Å². The highest BCUT2D eigenvalue weighted by Gasteiger charge is 2.57. The second-order valence-corrected chi connectivity index (χ2v) is 10.3. The van der Waals surface area contributed by atoms with Crippen LogP contribution >= 0.6 is 0 Å². The molecule has 3 aliphatic heterocycles. The van der Waals surface area contributed by atoms with Crippen LogP contribution in [-0.2, 0) is 33.2 Å². The van der Waals surface area contributed by atoms with Crippen molar-refractivity contribution in [3.8, 4) is 0 Å². The molecule has 0 aromatic rings. The summed E-state index contributed by atoms with van der Waals surface area (Å²) in [5, 5.41) is 33.1. The van der Waals surface area contributed by atoms with E-state index >= 15 is 0 Å². The third-order valence-corrected chi connectivity index (χ3v) is 7.77.